The molecule has 0 saturated carbocycles. The Bertz CT molecular complexity index is 385. The molecule has 0 radical (unpaired) electrons. The summed E-state index contributed by atoms with van der Waals surface area (Å²) in [4.78, 5) is 12.0. The summed E-state index contributed by atoms with van der Waals surface area (Å²) in [5.74, 6) is 1.09. The highest BCUT2D eigenvalue weighted by Gasteiger charge is 2.09. The fourth-order valence-corrected chi connectivity index (χ4v) is 1.69. The number of nitrogens with two attached hydrogens (primary N) is 1. The van der Waals surface area contributed by atoms with Gasteiger partial charge in [-0.25, -0.2) is 0 Å². The molecule has 1 rings (SSSR count). The van der Waals surface area contributed by atoms with Crippen molar-refractivity contribution in [3.8, 4) is 11.5 Å². The zero-order chi connectivity index (χ0) is 14.1. The topological polar surface area (TPSA) is 73.6 Å². The number of carbonyl (C=O) groups excluding carboxylic acids is 1. The van der Waals surface area contributed by atoms with Crippen molar-refractivity contribution in [2.45, 2.75) is 19.3 Å². The van der Waals surface area contributed by atoms with E-state index < -0.39 is 0 Å². The molecule has 0 unspecified atom stereocenters. The lowest BCUT2D eigenvalue weighted by molar-refractivity contribution is 0.0952. The molecule has 0 aliphatic carbocycles. The van der Waals surface area contributed by atoms with E-state index in [1.54, 1.807) is 32.4 Å². The number of hydrogen-bond acceptors (Lipinski definition) is 4. The molecule has 1 amide bonds. The zero-order valence-corrected chi connectivity index (χ0v) is 11.6. The first kappa shape index (κ1) is 15.3. The molecule has 0 aliphatic heterocycles. The first-order chi connectivity index (χ1) is 9.21. The lowest BCUT2D eigenvalue weighted by atomic mass is 10.1. The second-order valence-corrected chi connectivity index (χ2v) is 4.21. The quantitative estimate of drug-likeness (QED) is 0.700. The van der Waals surface area contributed by atoms with Gasteiger partial charge in [0.2, 0.25) is 0 Å². The number of hydrogen-bond donors (Lipinski definition) is 2. The van der Waals surface area contributed by atoms with Crippen LogP contribution < -0.4 is 20.5 Å². The molecule has 5 heteroatoms. The van der Waals surface area contributed by atoms with Crippen LogP contribution in [-0.4, -0.2) is 33.2 Å². The molecule has 1 aromatic carbocycles. The summed E-state index contributed by atoms with van der Waals surface area (Å²) < 4.78 is 10.3. The van der Waals surface area contributed by atoms with Crippen LogP contribution in [0.3, 0.4) is 0 Å². The van der Waals surface area contributed by atoms with Crippen molar-refractivity contribution >= 4 is 5.91 Å². The van der Waals surface area contributed by atoms with Crippen LogP contribution in [0, 0.1) is 0 Å². The molecule has 0 saturated heterocycles. The largest absolute Gasteiger partial charge is 0.497 e. The maximum atomic E-state index is 12.0. The van der Waals surface area contributed by atoms with E-state index in [9.17, 15) is 4.79 Å². The number of benzene rings is 1. The Kier molecular flexibility index (Phi) is 6.74. The minimum absolute atomic E-state index is 0.120. The number of ether oxygens (including phenoxy) is 2. The van der Waals surface area contributed by atoms with Gasteiger partial charge in [0, 0.05) is 18.2 Å². The van der Waals surface area contributed by atoms with Crippen LogP contribution in [0.5, 0.6) is 11.5 Å². The smallest absolute Gasteiger partial charge is 0.251 e. The average molecular weight is 266 g/mol. The number of methoxy groups -OCH3 is 2. The number of carbonyl (C=O) groups is 1. The molecule has 0 atom stereocenters. The van der Waals surface area contributed by atoms with E-state index in [-0.39, 0.29) is 5.91 Å². The van der Waals surface area contributed by atoms with Crippen LogP contribution in [0.4, 0.5) is 0 Å². The van der Waals surface area contributed by atoms with Gasteiger partial charge in [-0.15, -0.1) is 0 Å². The van der Waals surface area contributed by atoms with Crippen molar-refractivity contribution in [1.82, 2.24) is 5.32 Å². The molecule has 106 valence electrons. The first-order valence-corrected chi connectivity index (χ1v) is 6.42. The van der Waals surface area contributed by atoms with Crippen LogP contribution >= 0.6 is 0 Å². The maximum absolute atomic E-state index is 12.0. The van der Waals surface area contributed by atoms with Crippen LogP contribution in [-0.2, 0) is 0 Å². The highest BCUT2D eigenvalue weighted by Crippen LogP contribution is 2.22. The summed E-state index contributed by atoms with van der Waals surface area (Å²) in [5, 5.41) is 2.87. The summed E-state index contributed by atoms with van der Waals surface area (Å²) in [6.45, 7) is 1.35. The van der Waals surface area contributed by atoms with Gasteiger partial charge in [-0.3, -0.25) is 4.79 Å². The number of amides is 1. The first-order valence-electron chi connectivity index (χ1n) is 6.42. The SMILES string of the molecule is COc1cc(OC)cc(C(=O)NCCCCCN)c1. The third-order valence-corrected chi connectivity index (χ3v) is 2.78. The molecule has 19 heavy (non-hydrogen) atoms. The van der Waals surface area contributed by atoms with Crippen molar-refractivity contribution in [2.75, 3.05) is 27.3 Å². The van der Waals surface area contributed by atoms with Gasteiger partial charge in [0.1, 0.15) is 11.5 Å². The number of unbranched alkanes of at least 4 members (excludes halogenated alkanes) is 2. The Balaban J connectivity index is 2.55. The molecule has 0 aromatic heterocycles. The van der Waals surface area contributed by atoms with Crippen LogP contribution in [0.1, 0.15) is 29.6 Å². The molecule has 0 aliphatic rings. The normalized spacial score (nSPS) is 10.1. The predicted molar refractivity (Wildman–Crippen MR) is 74.8 cm³/mol. The van der Waals surface area contributed by atoms with Gasteiger partial charge in [0.05, 0.1) is 14.2 Å². The Hall–Kier alpha value is -1.75. The molecule has 0 spiro atoms. The zero-order valence-electron chi connectivity index (χ0n) is 11.6. The summed E-state index contributed by atoms with van der Waals surface area (Å²) >= 11 is 0. The van der Waals surface area contributed by atoms with Gasteiger partial charge in [0.15, 0.2) is 0 Å². The molecule has 1 aromatic rings. The predicted octanol–water partition coefficient (Wildman–Crippen LogP) is 1.56. The van der Waals surface area contributed by atoms with Gasteiger partial charge in [-0.1, -0.05) is 6.42 Å². The van der Waals surface area contributed by atoms with Crippen LogP contribution in [0.15, 0.2) is 18.2 Å². The van der Waals surface area contributed by atoms with Gasteiger partial charge >= 0.3 is 0 Å². The summed E-state index contributed by atoms with van der Waals surface area (Å²) in [6.07, 6.45) is 2.95. The fourth-order valence-electron chi connectivity index (χ4n) is 1.69. The van der Waals surface area contributed by atoms with Crippen molar-refractivity contribution < 1.29 is 14.3 Å². The van der Waals surface area contributed by atoms with E-state index in [0.717, 1.165) is 19.3 Å². The van der Waals surface area contributed by atoms with Gasteiger partial charge in [-0.05, 0) is 31.5 Å². The van der Waals surface area contributed by atoms with Gasteiger partial charge < -0.3 is 20.5 Å². The fraction of sp³-hybridized carbons (Fsp3) is 0.500. The number of rotatable bonds is 8. The molecule has 0 heterocycles. The minimum atomic E-state index is -0.120. The maximum Gasteiger partial charge on any atom is 0.251 e. The van der Waals surface area contributed by atoms with Crippen molar-refractivity contribution in [1.29, 1.82) is 0 Å². The van der Waals surface area contributed by atoms with Gasteiger partial charge in [0.25, 0.3) is 5.91 Å². The molecule has 0 fully saturated rings. The second kappa shape index (κ2) is 8.37. The van der Waals surface area contributed by atoms with E-state index in [0.29, 0.717) is 30.2 Å². The highest BCUT2D eigenvalue weighted by atomic mass is 16.5. The van der Waals surface area contributed by atoms with Crippen molar-refractivity contribution in [2.24, 2.45) is 5.73 Å². The Morgan fingerprint density at radius 1 is 1.11 bits per heavy atom. The minimum Gasteiger partial charge on any atom is -0.497 e. The van der Waals surface area contributed by atoms with E-state index in [1.165, 1.54) is 0 Å². The van der Waals surface area contributed by atoms with E-state index in [1.807, 2.05) is 0 Å². The highest BCUT2D eigenvalue weighted by molar-refractivity contribution is 5.95. The third-order valence-electron chi connectivity index (χ3n) is 2.78. The van der Waals surface area contributed by atoms with Crippen LogP contribution in [0.25, 0.3) is 0 Å². The molecule has 0 bridgehead atoms. The summed E-state index contributed by atoms with van der Waals surface area (Å²) in [6, 6.07) is 5.12. The van der Waals surface area contributed by atoms with Crippen molar-refractivity contribution in [3.05, 3.63) is 23.8 Å². The molecular weight excluding hydrogens is 244 g/mol. The Labute approximate surface area is 114 Å². The second-order valence-electron chi connectivity index (χ2n) is 4.21. The third kappa shape index (κ3) is 5.18. The number of nitrogens with one attached hydrogen (secondary N) is 1. The lowest BCUT2D eigenvalue weighted by Crippen LogP contribution is -2.24. The van der Waals surface area contributed by atoms with E-state index in [2.05, 4.69) is 5.32 Å². The van der Waals surface area contributed by atoms with Gasteiger partial charge in [-0.2, -0.15) is 0 Å². The standard InChI is InChI=1S/C14H22N2O3/c1-18-12-8-11(9-13(10-12)19-2)14(17)16-7-5-3-4-6-15/h8-10H,3-7,15H2,1-2H3,(H,16,17). The Morgan fingerprint density at radius 2 is 1.74 bits per heavy atom. The monoisotopic (exact) mass is 266 g/mol. The molecular formula is C14H22N2O3. The summed E-state index contributed by atoms with van der Waals surface area (Å²) in [5.41, 5.74) is 5.95. The molecule has 3 N–H and O–H groups in total. The molecule has 5 nitrogen and oxygen atoms in total. The van der Waals surface area contributed by atoms with E-state index >= 15 is 0 Å². The van der Waals surface area contributed by atoms with Crippen molar-refractivity contribution in [3.63, 3.8) is 0 Å². The lowest BCUT2D eigenvalue weighted by Gasteiger charge is -2.09. The average Bonchev–Trinajstić information content (AvgIpc) is 2.46. The Morgan fingerprint density at radius 3 is 2.26 bits per heavy atom. The summed E-state index contributed by atoms with van der Waals surface area (Å²) in [7, 11) is 3.12. The van der Waals surface area contributed by atoms with Crippen LogP contribution in [0.2, 0.25) is 0 Å². The van der Waals surface area contributed by atoms with E-state index in [4.69, 9.17) is 15.2 Å².